The van der Waals surface area contributed by atoms with Crippen molar-refractivity contribution in [2.45, 2.75) is 75.9 Å². The van der Waals surface area contributed by atoms with Crippen molar-refractivity contribution >= 4 is 60.1 Å². The van der Waals surface area contributed by atoms with Gasteiger partial charge in [-0.25, -0.2) is 4.39 Å². The largest absolute Gasteiger partial charge is 2.00 e. The number of nitrogens with one attached hydrogen (secondary N) is 2. The number of rotatable bonds is 10. The van der Waals surface area contributed by atoms with Gasteiger partial charge >= 0.3 is 17.1 Å². The third-order valence-electron chi connectivity index (χ3n) is 10.1. The Labute approximate surface area is 347 Å². The summed E-state index contributed by atoms with van der Waals surface area (Å²) in [7, 11) is -0.594. The minimum absolute atomic E-state index is 0. The molecule has 2 aliphatic rings. The molecule has 3 atom stereocenters. The minimum Gasteiger partial charge on any atom is -0.360 e. The first-order valence-electron chi connectivity index (χ1n) is 18.1. The summed E-state index contributed by atoms with van der Waals surface area (Å²) < 4.78 is 12.8. The van der Waals surface area contributed by atoms with Gasteiger partial charge in [0, 0.05) is 11.7 Å². The van der Waals surface area contributed by atoms with Crippen LogP contribution in [0, 0.1) is 20.8 Å². The van der Waals surface area contributed by atoms with E-state index in [1.807, 2.05) is 12.1 Å². The first-order valence-corrected chi connectivity index (χ1v) is 21.3. The first-order chi connectivity index (χ1) is 24.6. The summed E-state index contributed by atoms with van der Waals surface area (Å²) in [4.78, 5) is 0. The molecule has 5 aromatic carbocycles. The standard InChI is InChI=1S/C27H30FN2PS.C17H19P.2CH3.2FH.Fe/c1-20(29-27(32)30-22-17-15-21(19-28)16-18-22)25-13-8-14-26(25)31(23-9-4-2-5-10-23)24-11-6-3-7-12-24;1-3-9-15(10-4-1)18(17-13-7-8-14-17)16-11-5-2-6-12-16;;;;;/h2-7,9-12,15-18,20,25-26H,8,13-14,19H2,1H3,(H2,29,30,32);1-6,9-12,17H,7-8,13-14H2;2*1H3;2*1H;/q;;2*-1;;;+2/t20-,25?,26?;;;;;;/m1....../s1. The molecule has 55 heavy (non-hydrogen) atoms. The second kappa shape index (κ2) is 26.0. The third kappa shape index (κ3) is 13.8. The number of hydrogen-bond donors (Lipinski definition) is 2. The number of thiocarbonyl (C=S) groups is 1. The molecule has 0 amide bonds. The van der Waals surface area contributed by atoms with Crippen LogP contribution in [0.15, 0.2) is 146 Å². The van der Waals surface area contributed by atoms with E-state index in [-0.39, 0.29) is 55.3 Å². The van der Waals surface area contributed by atoms with E-state index in [4.69, 9.17) is 12.2 Å². The van der Waals surface area contributed by atoms with E-state index in [0.717, 1.165) is 11.3 Å². The van der Waals surface area contributed by atoms with Crippen molar-refractivity contribution in [3.05, 3.63) is 166 Å². The monoisotopic (exact) mass is 844 g/mol. The summed E-state index contributed by atoms with van der Waals surface area (Å²) in [6.45, 7) is 1.81. The molecular weight excluding hydrogens is 787 g/mol. The third-order valence-corrected chi connectivity index (χ3v) is 16.2. The van der Waals surface area contributed by atoms with Crippen LogP contribution >= 0.6 is 28.1 Å². The van der Waals surface area contributed by atoms with Crippen LogP contribution in [0.2, 0.25) is 0 Å². The average molecular weight is 845 g/mol. The van der Waals surface area contributed by atoms with Gasteiger partial charge in [0.1, 0.15) is 6.67 Å². The van der Waals surface area contributed by atoms with Crippen molar-refractivity contribution in [2.75, 3.05) is 5.32 Å². The van der Waals surface area contributed by atoms with Gasteiger partial charge in [0.2, 0.25) is 0 Å². The van der Waals surface area contributed by atoms with Gasteiger partial charge in [-0.05, 0) is 117 Å². The Hall–Kier alpha value is -3.04. The number of benzene rings is 5. The van der Waals surface area contributed by atoms with Crippen molar-refractivity contribution in [1.29, 1.82) is 0 Å². The van der Waals surface area contributed by atoms with Crippen molar-refractivity contribution in [2.24, 2.45) is 5.92 Å². The summed E-state index contributed by atoms with van der Waals surface area (Å²) in [5, 5.41) is 13.4. The first kappa shape index (κ1) is 50.0. The Kier molecular flexibility index (Phi) is 23.6. The number of anilines is 1. The van der Waals surface area contributed by atoms with Crippen molar-refractivity contribution in [3.63, 3.8) is 0 Å². The molecule has 7 rings (SSSR count). The minimum atomic E-state index is -0.450. The predicted octanol–water partition coefficient (Wildman–Crippen LogP) is 11.4. The van der Waals surface area contributed by atoms with Gasteiger partial charge in [0.25, 0.3) is 0 Å². The van der Waals surface area contributed by atoms with Crippen LogP contribution in [0.1, 0.15) is 57.4 Å². The van der Waals surface area contributed by atoms with Crippen LogP contribution in [0.4, 0.5) is 19.5 Å². The van der Waals surface area contributed by atoms with Crippen molar-refractivity contribution < 1.29 is 30.9 Å². The van der Waals surface area contributed by atoms with Crippen LogP contribution in [0.3, 0.4) is 0 Å². The zero-order valence-corrected chi connectivity index (χ0v) is 35.9. The quantitative estimate of drug-likeness (QED) is 0.0634. The van der Waals surface area contributed by atoms with Gasteiger partial charge in [0.15, 0.2) is 5.11 Å². The molecule has 2 nitrogen and oxygen atoms in total. The second-order valence-electron chi connectivity index (χ2n) is 13.4. The van der Waals surface area contributed by atoms with Crippen molar-refractivity contribution in [3.8, 4) is 0 Å². The number of alkyl halides is 1. The normalized spacial score (nSPS) is 16.4. The molecule has 0 heterocycles. The molecule has 0 saturated heterocycles. The van der Waals surface area contributed by atoms with Gasteiger partial charge in [-0.3, -0.25) is 9.41 Å². The van der Waals surface area contributed by atoms with Crippen LogP contribution in [-0.2, 0) is 23.7 Å². The van der Waals surface area contributed by atoms with Gasteiger partial charge in [-0.2, -0.15) is 0 Å². The van der Waals surface area contributed by atoms with Crippen LogP contribution in [0.25, 0.3) is 0 Å². The summed E-state index contributed by atoms with van der Waals surface area (Å²) in [5.41, 5.74) is 3.06. The topological polar surface area (TPSA) is 24.1 Å². The molecule has 0 aromatic heterocycles. The Balaban J connectivity index is 0.000000567. The van der Waals surface area contributed by atoms with E-state index in [9.17, 15) is 4.39 Å². The molecule has 2 saturated carbocycles. The molecule has 5 aromatic rings. The fourth-order valence-corrected chi connectivity index (χ4v) is 14.2. The molecule has 0 radical (unpaired) electrons. The molecule has 0 aliphatic heterocycles. The fraction of sp³-hybridized carbons (Fsp3) is 0.283. The van der Waals surface area contributed by atoms with E-state index < -0.39 is 14.6 Å². The molecule has 2 fully saturated rings. The summed E-state index contributed by atoms with van der Waals surface area (Å²) in [6.07, 6.45) is 9.38. The average Bonchev–Trinajstić information content (AvgIpc) is 3.88. The zero-order chi connectivity index (χ0) is 34.5. The Morgan fingerprint density at radius 3 is 1.45 bits per heavy atom. The van der Waals surface area contributed by atoms with Crippen LogP contribution in [0.5, 0.6) is 0 Å². The molecule has 2 aliphatic carbocycles. The molecule has 9 heteroatoms. The maximum Gasteiger partial charge on any atom is 2.00 e. The van der Waals surface area contributed by atoms with Crippen LogP contribution < -0.4 is 31.9 Å². The molecule has 0 spiro atoms. The predicted molar refractivity (Wildman–Crippen MR) is 239 cm³/mol. The Bertz CT molecular complexity index is 1660. The molecular formula is C46H57F3FeN2P2S. The van der Waals surface area contributed by atoms with Crippen LogP contribution in [-0.4, -0.2) is 22.5 Å². The zero-order valence-electron chi connectivity index (χ0n) is 32.2. The van der Waals surface area contributed by atoms with E-state index >= 15 is 0 Å². The van der Waals surface area contributed by atoms with E-state index in [1.165, 1.54) is 55.6 Å². The van der Waals surface area contributed by atoms with E-state index in [0.29, 0.717) is 22.3 Å². The van der Waals surface area contributed by atoms with Gasteiger partial charge < -0.3 is 25.5 Å². The summed E-state index contributed by atoms with van der Waals surface area (Å²) in [6, 6.07) is 51.8. The van der Waals surface area contributed by atoms with Crippen molar-refractivity contribution in [1.82, 2.24) is 5.32 Å². The Morgan fingerprint density at radius 1 is 0.618 bits per heavy atom. The smallest absolute Gasteiger partial charge is 0.360 e. The maximum atomic E-state index is 12.8. The Morgan fingerprint density at radius 2 is 1.04 bits per heavy atom. The maximum absolute atomic E-state index is 12.8. The van der Waals surface area contributed by atoms with Gasteiger partial charge in [-0.15, -0.1) is 0 Å². The summed E-state index contributed by atoms with van der Waals surface area (Å²) >= 11 is 5.61. The molecule has 2 unspecified atom stereocenters. The number of hydrogen-bond acceptors (Lipinski definition) is 1. The van der Waals surface area contributed by atoms with E-state index in [1.54, 1.807) is 22.7 Å². The molecule has 0 bridgehead atoms. The molecule has 296 valence electrons. The van der Waals surface area contributed by atoms with Gasteiger partial charge in [0.05, 0.1) is 0 Å². The fourth-order valence-electron chi connectivity index (χ4n) is 7.65. The van der Waals surface area contributed by atoms with E-state index in [2.05, 4.69) is 139 Å². The molecule has 2 N–H and O–H groups in total. The summed E-state index contributed by atoms with van der Waals surface area (Å²) in [5.74, 6) is 0.551. The van der Waals surface area contributed by atoms with Gasteiger partial charge in [-0.1, -0.05) is 153 Å². The number of halogens is 3. The second-order valence-corrected chi connectivity index (χ2v) is 18.7. The SMILES string of the molecule is C[C@@H](NC(=S)Nc1ccc(CF)cc1)C1CCCC1P(c1ccccc1)c1ccccc1.F.F.[CH3-].[CH3-].[Fe+2].c1ccc(P(c2ccccc2)C2CCCC2)cc1.